The van der Waals surface area contributed by atoms with Crippen LogP contribution in [-0.2, 0) is 0 Å². The fraction of sp³-hybridized carbons (Fsp3) is 1.00. The molecule has 0 aromatic heterocycles. The molecule has 0 aromatic rings. The minimum Gasteiger partial charge on any atom is -0.314 e. The molecule has 0 amide bonds. The highest BCUT2D eigenvalue weighted by Gasteiger charge is 2.41. The molecule has 3 fully saturated rings. The maximum atomic E-state index is 3.42. The third-order valence-corrected chi connectivity index (χ3v) is 5.25. The van der Waals surface area contributed by atoms with Gasteiger partial charge in [-0.1, -0.05) is 6.42 Å². The Morgan fingerprint density at radius 3 is 2.65 bits per heavy atom. The Bertz CT molecular complexity index is 250. The van der Waals surface area contributed by atoms with Gasteiger partial charge < -0.3 is 10.2 Å². The number of hydrogen-bond acceptors (Lipinski definition) is 3. The van der Waals surface area contributed by atoms with E-state index in [2.05, 4.69) is 22.2 Å². The van der Waals surface area contributed by atoms with Crippen molar-refractivity contribution in [2.75, 3.05) is 46.3 Å². The second-order valence-corrected chi connectivity index (χ2v) is 6.31. The normalized spacial score (nSPS) is 38.1. The Morgan fingerprint density at radius 2 is 2.00 bits per heavy atom. The van der Waals surface area contributed by atoms with Crippen LogP contribution in [0.15, 0.2) is 0 Å². The molecule has 98 valence electrons. The monoisotopic (exact) mass is 237 g/mol. The van der Waals surface area contributed by atoms with Crippen molar-refractivity contribution in [2.45, 2.75) is 31.7 Å². The first-order valence-electron chi connectivity index (χ1n) is 7.46. The third-order valence-electron chi connectivity index (χ3n) is 5.25. The average Bonchev–Trinajstić information content (AvgIpc) is 2.99. The van der Waals surface area contributed by atoms with E-state index in [-0.39, 0.29) is 0 Å². The number of fused-ring (bicyclic) bond motifs is 2. The van der Waals surface area contributed by atoms with Crippen LogP contribution in [-0.4, -0.2) is 62.2 Å². The number of hydrogen-bond donors (Lipinski definition) is 1. The van der Waals surface area contributed by atoms with Crippen LogP contribution in [0.1, 0.15) is 25.7 Å². The van der Waals surface area contributed by atoms with Crippen LogP contribution in [0.3, 0.4) is 0 Å². The smallest absolute Gasteiger partial charge is 0.0124 e. The first-order valence-corrected chi connectivity index (χ1v) is 7.46. The van der Waals surface area contributed by atoms with Gasteiger partial charge in [-0.2, -0.15) is 0 Å². The molecular weight excluding hydrogens is 210 g/mol. The topological polar surface area (TPSA) is 18.5 Å². The molecule has 1 N–H and O–H groups in total. The van der Waals surface area contributed by atoms with E-state index in [0.29, 0.717) is 0 Å². The summed E-state index contributed by atoms with van der Waals surface area (Å²) < 4.78 is 0. The summed E-state index contributed by atoms with van der Waals surface area (Å²) in [6.07, 6.45) is 6.05. The lowest BCUT2D eigenvalue weighted by atomic mass is 9.94. The highest BCUT2D eigenvalue weighted by atomic mass is 15.2. The summed E-state index contributed by atoms with van der Waals surface area (Å²) in [4.78, 5) is 5.27. The molecule has 3 aliphatic rings. The zero-order chi connectivity index (χ0) is 11.7. The van der Waals surface area contributed by atoms with E-state index in [4.69, 9.17) is 0 Å². The fourth-order valence-electron chi connectivity index (χ4n) is 4.15. The molecule has 3 heteroatoms. The number of piperazine rings is 1. The fourth-order valence-corrected chi connectivity index (χ4v) is 4.15. The third kappa shape index (κ3) is 2.67. The molecular formula is C14H27N3. The van der Waals surface area contributed by atoms with E-state index >= 15 is 0 Å². The van der Waals surface area contributed by atoms with Gasteiger partial charge in [0.05, 0.1) is 0 Å². The largest absolute Gasteiger partial charge is 0.314 e. The van der Waals surface area contributed by atoms with E-state index in [1.807, 2.05) is 0 Å². The van der Waals surface area contributed by atoms with Gasteiger partial charge in [-0.25, -0.2) is 0 Å². The molecule has 3 atom stereocenters. The van der Waals surface area contributed by atoms with E-state index in [1.165, 1.54) is 65.0 Å². The zero-order valence-electron chi connectivity index (χ0n) is 11.2. The number of nitrogens with one attached hydrogen (secondary N) is 1. The van der Waals surface area contributed by atoms with Crippen molar-refractivity contribution < 1.29 is 0 Å². The van der Waals surface area contributed by atoms with E-state index < -0.39 is 0 Å². The number of nitrogens with zero attached hydrogens (tertiary/aromatic N) is 2. The van der Waals surface area contributed by atoms with Crippen molar-refractivity contribution in [3.05, 3.63) is 0 Å². The van der Waals surface area contributed by atoms with E-state index in [1.54, 1.807) is 0 Å². The van der Waals surface area contributed by atoms with Crippen LogP contribution in [0.2, 0.25) is 0 Å². The van der Waals surface area contributed by atoms with Crippen LogP contribution in [0.5, 0.6) is 0 Å². The van der Waals surface area contributed by atoms with Gasteiger partial charge in [0.2, 0.25) is 0 Å². The molecule has 0 spiro atoms. The van der Waals surface area contributed by atoms with Gasteiger partial charge in [0.1, 0.15) is 0 Å². The first-order chi connectivity index (χ1) is 8.33. The summed E-state index contributed by atoms with van der Waals surface area (Å²) in [7, 11) is 2.35. The molecule has 17 heavy (non-hydrogen) atoms. The van der Waals surface area contributed by atoms with Crippen LogP contribution < -0.4 is 5.32 Å². The van der Waals surface area contributed by atoms with E-state index in [9.17, 15) is 0 Å². The van der Waals surface area contributed by atoms with Crippen molar-refractivity contribution in [2.24, 2.45) is 11.8 Å². The molecule has 2 bridgehead atoms. The minimum atomic E-state index is 0.914. The Morgan fingerprint density at radius 1 is 1.18 bits per heavy atom. The number of rotatable bonds is 4. The maximum Gasteiger partial charge on any atom is 0.0124 e. The van der Waals surface area contributed by atoms with E-state index in [0.717, 1.165) is 17.9 Å². The molecule has 3 rings (SSSR count). The summed E-state index contributed by atoms with van der Waals surface area (Å²) in [5.74, 6) is 2.11. The lowest BCUT2D eigenvalue weighted by Gasteiger charge is -2.34. The van der Waals surface area contributed by atoms with Gasteiger partial charge in [-0.15, -0.1) is 0 Å². The highest BCUT2D eigenvalue weighted by Crippen LogP contribution is 2.46. The van der Waals surface area contributed by atoms with Crippen LogP contribution >= 0.6 is 0 Å². The van der Waals surface area contributed by atoms with Crippen LogP contribution in [0.25, 0.3) is 0 Å². The quantitative estimate of drug-likeness (QED) is 0.787. The molecule has 2 saturated carbocycles. The van der Waals surface area contributed by atoms with Gasteiger partial charge in [-0.3, -0.25) is 4.90 Å². The summed E-state index contributed by atoms with van der Waals surface area (Å²) in [6, 6.07) is 0.914. The standard InChI is InChI=1S/C14H27N3/c1-16(8-9-17-6-4-15-5-7-17)14-11-12-2-3-13(14)10-12/h12-15H,2-11H2,1H3. The van der Waals surface area contributed by atoms with Crippen LogP contribution in [0, 0.1) is 11.8 Å². The zero-order valence-corrected chi connectivity index (χ0v) is 11.2. The average molecular weight is 237 g/mol. The van der Waals surface area contributed by atoms with Crippen LogP contribution in [0.4, 0.5) is 0 Å². The summed E-state index contributed by atoms with van der Waals surface area (Å²) in [5.41, 5.74) is 0. The van der Waals surface area contributed by atoms with Crippen molar-refractivity contribution in [1.82, 2.24) is 15.1 Å². The summed E-state index contributed by atoms with van der Waals surface area (Å²) >= 11 is 0. The Balaban J connectivity index is 1.42. The van der Waals surface area contributed by atoms with Crippen molar-refractivity contribution in [3.63, 3.8) is 0 Å². The highest BCUT2D eigenvalue weighted by molar-refractivity contribution is 4.94. The Hall–Kier alpha value is -0.120. The summed E-state index contributed by atoms with van der Waals surface area (Å²) in [5, 5.41) is 3.42. The van der Waals surface area contributed by atoms with Gasteiger partial charge in [0, 0.05) is 45.3 Å². The summed E-state index contributed by atoms with van der Waals surface area (Å²) in [6.45, 7) is 7.38. The van der Waals surface area contributed by atoms with Gasteiger partial charge in [0.15, 0.2) is 0 Å². The SMILES string of the molecule is CN(CCN1CCNCC1)C1CC2CCC1C2. The van der Waals surface area contributed by atoms with Crippen molar-refractivity contribution >= 4 is 0 Å². The van der Waals surface area contributed by atoms with Gasteiger partial charge in [-0.05, 0) is 38.1 Å². The molecule has 3 unspecified atom stereocenters. The molecule has 0 radical (unpaired) electrons. The van der Waals surface area contributed by atoms with Gasteiger partial charge >= 0.3 is 0 Å². The Kier molecular flexibility index (Phi) is 3.69. The first kappa shape index (κ1) is 11.9. The molecule has 1 saturated heterocycles. The molecule has 2 aliphatic carbocycles. The van der Waals surface area contributed by atoms with Gasteiger partial charge in [0.25, 0.3) is 0 Å². The molecule has 1 aliphatic heterocycles. The maximum absolute atomic E-state index is 3.42. The number of likely N-dealkylation sites (N-methyl/N-ethyl adjacent to an activating group) is 1. The lowest BCUT2D eigenvalue weighted by Crippen LogP contribution is -2.47. The molecule has 1 heterocycles. The second-order valence-electron chi connectivity index (χ2n) is 6.31. The second kappa shape index (κ2) is 5.25. The van der Waals surface area contributed by atoms with Crippen molar-refractivity contribution in [3.8, 4) is 0 Å². The predicted molar refractivity (Wildman–Crippen MR) is 71.2 cm³/mol. The molecule has 3 nitrogen and oxygen atoms in total. The minimum absolute atomic E-state index is 0.914. The molecule has 0 aromatic carbocycles. The van der Waals surface area contributed by atoms with Crippen molar-refractivity contribution in [1.29, 1.82) is 0 Å². The predicted octanol–water partition coefficient (Wildman–Crippen LogP) is 1.01. The Labute approximate surface area is 106 Å². The lowest BCUT2D eigenvalue weighted by molar-refractivity contribution is 0.143.